The van der Waals surface area contributed by atoms with E-state index in [-0.39, 0.29) is 163 Å². The van der Waals surface area contributed by atoms with Crippen molar-refractivity contribution in [2.24, 2.45) is 25.6 Å². The molecule has 0 aliphatic carbocycles. The van der Waals surface area contributed by atoms with Crippen LogP contribution in [0.4, 0.5) is 22.7 Å². The second kappa shape index (κ2) is 23.2. The Bertz CT molecular complexity index is 2890. The molecule has 23 nitrogen and oxygen atoms in total. The molecule has 4 aromatic rings. The van der Waals surface area contributed by atoms with Crippen LogP contribution < -0.4 is 128 Å². The number of carbonyl (C=O) groups excluding carboxylic acids is 2. The van der Waals surface area contributed by atoms with E-state index in [1.807, 2.05) is 0 Å². The molecule has 0 saturated heterocycles. The van der Waals surface area contributed by atoms with Crippen molar-refractivity contribution < 1.29 is 212 Å². The van der Waals surface area contributed by atoms with Gasteiger partial charge >= 0.3 is 118 Å². The van der Waals surface area contributed by atoms with Gasteiger partial charge in [-0.2, -0.15) is 20.3 Å². The van der Waals surface area contributed by atoms with Crippen LogP contribution in [0.15, 0.2) is 101 Å². The van der Waals surface area contributed by atoms with Crippen molar-refractivity contribution >= 4 is 91.6 Å². The summed E-state index contributed by atoms with van der Waals surface area (Å²) in [7, 11) is -19.8. The minimum atomic E-state index is -5.39. The van der Waals surface area contributed by atoms with Crippen molar-refractivity contribution in [3.63, 3.8) is 0 Å². The topological polar surface area (TPSA) is 378 Å². The number of aromatic hydroxyl groups is 2. The summed E-state index contributed by atoms with van der Waals surface area (Å²) >= 11 is 0. The van der Waals surface area contributed by atoms with E-state index in [2.05, 4.69) is 29.7 Å². The number of hydrogen-bond acceptors (Lipinski definition) is 22. The number of benzene rings is 4. The number of phenols is 2. The summed E-state index contributed by atoms with van der Waals surface area (Å²) in [6.45, 7) is 0.199. The Balaban J connectivity index is 0.00000720. The fraction of sp³-hybridized carbons (Fsp3) is 0.138. The minimum Gasteiger partial charge on any atom is -0.744 e. The number of hydrogen-bond donors (Lipinski definition) is 2. The quantitative estimate of drug-likeness (QED) is 0.0543. The largest absolute Gasteiger partial charge is 1.00 e. The summed E-state index contributed by atoms with van der Waals surface area (Å²) in [5.41, 5.74) is -2.79. The van der Waals surface area contributed by atoms with E-state index in [0.29, 0.717) is 11.1 Å². The fourth-order valence-corrected chi connectivity index (χ4v) is 7.85. The third kappa shape index (κ3) is 14.6. The Labute approximate surface area is 445 Å². The maximum Gasteiger partial charge on any atom is 1.00 e. The first-order valence-corrected chi connectivity index (χ1v) is 20.6. The van der Waals surface area contributed by atoms with Crippen LogP contribution in [0.25, 0.3) is 10.8 Å². The molecule has 2 N–H and O–H groups in total. The molecule has 1 heterocycles. The van der Waals surface area contributed by atoms with E-state index in [0.717, 1.165) is 48.5 Å². The predicted octanol–water partition coefficient (Wildman–Crippen LogP) is -11.3. The number of carbonyl (C=O) groups is 2. The summed E-state index contributed by atoms with van der Waals surface area (Å²) in [6, 6.07) is 7.66. The van der Waals surface area contributed by atoms with Gasteiger partial charge in [-0.15, -0.1) is 10.2 Å². The van der Waals surface area contributed by atoms with Gasteiger partial charge in [-0.25, -0.2) is 33.7 Å². The molecule has 0 spiro atoms. The molecule has 61 heavy (non-hydrogen) atoms. The Morgan fingerprint density at radius 2 is 1.43 bits per heavy atom. The number of anilines is 1. The number of carboxylic acid groups (broad SMARTS) is 1. The van der Waals surface area contributed by atoms with Gasteiger partial charge in [0.2, 0.25) is 10.4 Å². The second-order valence-corrected chi connectivity index (χ2v) is 17.1. The van der Waals surface area contributed by atoms with Crippen LogP contribution in [0.2, 0.25) is 0 Å². The summed E-state index contributed by atoms with van der Waals surface area (Å²) in [5, 5.41) is 52.1. The van der Waals surface area contributed by atoms with Crippen molar-refractivity contribution in [1.82, 2.24) is 0 Å². The Morgan fingerprint density at radius 1 is 0.820 bits per heavy atom. The van der Waals surface area contributed by atoms with Crippen LogP contribution in [0.3, 0.4) is 0 Å². The number of hydrazone groups is 1. The van der Waals surface area contributed by atoms with Crippen LogP contribution in [0, 0.1) is 6.92 Å². The Hall–Kier alpha value is -1.29. The summed E-state index contributed by atoms with van der Waals surface area (Å²) < 4.78 is 131. The van der Waals surface area contributed by atoms with Crippen LogP contribution in [-0.4, -0.2) is 93.5 Å². The molecule has 5 rings (SSSR count). The smallest absolute Gasteiger partial charge is 0.744 e. The number of phenolic OH excluding ortho intramolecular Hbond substituents is 2. The normalized spacial score (nSPS) is 14.4. The first kappa shape index (κ1) is 59.7. The first-order chi connectivity index (χ1) is 25.9. The van der Waals surface area contributed by atoms with Crippen molar-refractivity contribution in [2.45, 2.75) is 27.7 Å². The number of fused-ring (bicyclic) bond motifs is 1. The predicted molar refractivity (Wildman–Crippen MR) is 181 cm³/mol. The maximum atomic E-state index is 13.1. The molecule has 0 bridgehead atoms. The third-order valence-corrected chi connectivity index (χ3v) is 11.5. The number of aryl methyl sites for hydroxylation is 1. The molecule has 1 atom stereocenters. The maximum absolute atomic E-state index is 13.1. The van der Waals surface area contributed by atoms with E-state index < -0.39 is 114 Å². The van der Waals surface area contributed by atoms with Gasteiger partial charge in [-0.05, 0) is 66.4 Å². The molecular formula is C29H20CuN6Na4O17S4. The second-order valence-electron chi connectivity index (χ2n) is 11.3. The third-order valence-electron chi connectivity index (χ3n) is 7.53. The van der Waals surface area contributed by atoms with Crippen molar-refractivity contribution in [3.05, 3.63) is 66.2 Å². The van der Waals surface area contributed by atoms with Gasteiger partial charge in [-0.1, -0.05) is 6.07 Å². The van der Waals surface area contributed by atoms with Crippen LogP contribution in [0.5, 0.6) is 11.5 Å². The number of aliphatic carboxylic acids is 1. The standard InChI is InChI=1S/C29H24N6O17S4.Cu.4Na/c1-14-10-20(21(36)13-22(14)53(41,42)9-8-52-56(49,50)51)31-32-24-23(55(46,47)48)11-15-2-3-16(12-19(15)27(24)37)30-33-25-26(29(39)40)34-35(28(25)38)17-4-6-18(7-5-17)54(43,44)45;;;;;/h2-7,10-13,25,36-37H,8-9H2,1H3,(H,39,40)(H,43,44,45)(H,46,47,48)(H,49,50,51);;;;;/q;;4*+1/p-4. The van der Waals surface area contributed by atoms with E-state index in [9.17, 15) is 72.2 Å². The molecule has 1 aliphatic rings. The molecule has 1 radical (unpaired) electrons. The molecule has 0 saturated carbocycles. The van der Waals surface area contributed by atoms with Gasteiger partial charge in [-0.3, -0.25) is 8.98 Å². The average Bonchev–Trinajstić information content (AvgIpc) is 3.42. The van der Waals surface area contributed by atoms with E-state index in [1.165, 1.54) is 13.0 Å². The molecule has 32 heteroatoms. The van der Waals surface area contributed by atoms with Crippen LogP contribution >= 0.6 is 0 Å². The molecule has 1 amide bonds. The molecule has 0 aromatic heterocycles. The zero-order valence-corrected chi connectivity index (χ0v) is 44.1. The van der Waals surface area contributed by atoms with Crippen molar-refractivity contribution in [1.29, 1.82) is 0 Å². The Kier molecular flexibility index (Phi) is 22.8. The molecule has 307 valence electrons. The number of nitrogens with zero attached hydrogens (tertiary/aromatic N) is 6. The van der Waals surface area contributed by atoms with Crippen LogP contribution in [-0.2, 0) is 71.3 Å². The Morgan fingerprint density at radius 3 is 1.97 bits per heavy atom. The molecule has 1 aliphatic heterocycles. The van der Waals surface area contributed by atoms with E-state index in [1.54, 1.807) is 0 Å². The number of carboxylic acids is 1. The van der Waals surface area contributed by atoms with E-state index >= 15 is 0 Å². The SMILES string of the molecule is Cc1cc(N=Nc2c(S(=O)(=O)[O-])cc3ccc(N=NC4C(=O)N(c5ccc(S(=O)(=O)[O-])cc5)N=C4C(=O)[O-])cc3c2O)c(O)cc1S(=O)(=O)CCOS(=O)(=O)[O-].[Cu].[Na+].[Na+].[Na+].[Na+]. The van der Waals surface area contributed by atoms with Gasteiger partial charge in [0, 0.05) is 28.5 Å². The zero-order valence-electron chi connectivity index (χ0n) is 31.9. The first-order valence-electron chi connectivity index (χ1n) is 14.8. The average molecular weight is 1010 g/mol. The van der Waals surface area contributed by atoms with Gasteiger partial charge in [0.25, 0.3) is 5.91 Å². The van der Waals surface area contributed by atoms with Crippen LogP contribution in [0.1, 0.15) is 5.56 Å². The molecule has 0 fully saturated rings. The monoisotopic (exact) mass is 1010 g/mol. The molecule has 4 aromatic carbocycles. The number of sulfone groups is 1. The van der Waals surface area contributed by atoms with Gasteiger partial charge in [0.1, 0.15) is 43.1 Å². The number of rotatable bonds is 13. The molecular weight excluding hydrogens is 988 g/mol. The zero-order chi connectivity index (χ0) is 41.5. The number of amides is 1. The minimum absolute atomic E-state index is 0. The van der Waals surface area contributed by atoms with Gasteiger partial charge in [0.15, 0.2) is 21.6 Å². The van der Waals surface area contributed by atoms with Crippen molar-refractivity contribution in [3.8, 4) is 11.5 Å². The summed E-state index contributed by atoms with van der Waals surface area (Å²) in [5.74, 6) is -5.85. The van der Waals surface area contributed by atoms with Gasteiger partial charge in [0.05, 0.1) is 44.4 Å². The van der Waals surface area contributed by atoms with E-state index in [4.69, 9.17) is 0 Å². The summed E-state index contributed by atoms with van der Waals surface area (Å²) in [4.78, 5) is 22.6. The number of azo groups is 2. The van der Waals surface area contributed by atoms with Gasteiger partial charge < -0.3 is 33.8 Å². The van der Waals surface area contributed by atoms with Crippen molar-refractivity contribution in [2.75, 3.05) is 17.4 Å². The molecule has 1 unspecified atom stereocenters. The summed E-state index contributed by atoms with van der Waals surface area (Å²) in [6.07, 6.45) is 0. The fourth-order valence-electron chi connectivity index (χ4n) is 4.98.